The van der Waals surface area contributed by atoms with Gasteiger partial charge in [-0.1, -0.05) is 11.8 Å². The highest BCUT2D eigenvalue weighted by Crippen LogP contribution is 2.26. The molecular formula is C10H9NO3S2. The Kier molecular flexibility index (Phi) is 3.31. The van der Waals surface area contributed by atoms with E-state index in [0.29, 0.717) is 10.8 Å². The van der Waals surface area contributed by atoms with Crippen molar-refractivity contribution in [1.82, 2.24) is 4.98 Å². The Morgan fingerprint density at radius 1 is 1.62 bits per heavy atom. The molecule has 0 unspecified atom stereocenters. The minimum absolute atomic E-state index is 0.0298. The number of aryl methyl sites for hydroxylation is 1. The van der Waals surface area contributed by atoms with Gasteiger partial charge in [-0.05, 0) is 19.1 Å². The van der Waals surface area contributed by atoms with Crippen molar-refractivity contribution in [2.45, 2.75) is 17.8 Å². The number of hydrogen-bond donors (Lipinski definition) is 1. The second kappa shape index (κ2) is 4.71. The summed E-state index contributed by atoms with van der Waals surface area (Å²) in [5.74, 6) is -0.375. The van der Waals surface area contributed by atoms with Gasteiger partial charge in [-0.3, -0.25) is 0 Å². The lowest BCUT2D eigenvalue weighted by Crippen LogP contribution is -1.91. The zero-order chi connectivity index (χ0) is 11.5. The third kappa shape index (κ3) is 2.65. The average molecular weight is 255 g/mol. The monoisotopic (exact) mass is 255 g/mol. The van der Waals surface area contributed by atoms with Gasteiger partial charge in [0, 0.05) is 11.1 Å². The first-order valence-electron chi connectivity index (χ1n) is 4.52. The molecule has 2 aromatic heterocycles. The molecule has 2 rings (SSSR count). The first kappa shape index (κ1) is 11.2. The van der Waals surface area contributed by atoms with E-state index in [2.05, 4.69) is 4.98 Å². The van der Waals surface area contributed by atoms with E-state index >= 15 is 0 Å². The summed E-state index contributed by atoms with van der Waals surface area (Å²) in [6.07, 6.45) is 0. The van der Waals surface area contributed by atoms with Crippen molar-refractivity contribution in [2.24, 2.45) is 0 Å². The number of carboxylic acids is 1. The van der Waals surface area contributed by atoms with Crippen molar-refractivity contribution in [2.75, 3.05) is 0 Å². The lowest BCUT2D eigenvalue weighted by molar-refractivity contribution is 0.0656. The van der Waals surface area contributed by atoms with Gasteiger partial charge in [0.2, 0.25) is 5.76 Å². The molecule has 84 valence electrons. The van der Waals surface area contributed by atoms with Crippen LogP contribution in [0.4, 0.5) is 0 Å². The molecule has 16 heavy (non-hydrogen) atoms. The number of carbonyl (C=O) groups is 1. The Morgan fingerprint density at radius 2 is 2.44 bits per heavy atom. The zero-order valence-corrected chi connectivity index (χ0v) is 10.1. The maximum Gasteiger partial charge on any atom is 0.371 e. The van der Waals surface area contributed by atoms with E-state index in [1.165, 1.54) is 17.8 Å². The molecule has 4 nitrogen and oxygen atoms in total. The Hall–Kier alpha value is -1.27. The standard InChI is InChI=1S/C10H9NO3S2/c1-6-4-15-8(11-6)5-16-9-3-2-7(14-9)10(12)13/h2-4H,5H2,1H3,(H,12,13). The van der Waals surface area contributed by atoms with Crippen molar-refractivity contribution >= 4 is 29.1 Å². The van der Waals surface area contributed by atoms with Crippen molar-refractivity contribution in [1.29, 1.82) is 0 Å². The number of furan rings is 1. The topological polar surface area (TPSA) is 63.3 Å². The molecule has 2 aromatic rings. The van der Waals surface area contributed by atoms with Gasteiger partial charge in [-0.2, -0.15) is 0 Å². The SMILES string of the molecule is Cc1csc(CSc2ccc(C(=O)O)o2)n1. The lowest BCUT2D eigenvalue weighted by atomic mass is 10.5. The highest BCUT2D eigenvalue weighted by atomic mass is 32.2. The van der Waals surface area contributed by atoms with Crippen LogP contribution < -0.4 is 0 Å². The Morgan fingerprint density at radius 3 is 3.00 bits per heavy atom. The van der Waals surface area contributed by atoms with Crippen LogP contribution in [-0.4, -0.2) is 16.1 Å². The van der Waals surface area contributed by atoms with Crippen LogP contribution in [0.25, 0.3) is 0 Å². The molecule has 0 saturated carbocycles. The van der Waals surface area contributed by atoms with Crippen LogP contribution in [0.5, 0.6) is 0 Å². The second-order valence-corrected chi connectivity index (χ2v) is 5.02. The molecule has 0 bridgehead atoms. The molecule has 2 heterocycles. The molecular weight excluding hydrogens is 246 g/mol. The number of aromatic nitrogens is 1. The van der Waals surface area contributed by atoms with E-state index in [-0.39, 0.29) is 5.76 Å². The quantitative estimate of drug-likeness (QED) is 0.851. The van der Waals surface area contributed by atoms with Gasteiger partial charge in [-0.25, -0.2) is 9.78 Å². The van der Waals surface area contributed by atoms with E-state index in [9.17, 15) is 4.79 Å². The Labute approximate surface area is 100 Å². The van der Waals surface area contributed by atoms with E-state index < -0.39 is 5.97 Å². The average Bonchev–Trinajstić information content (AvgIpc) is 2.83. The molecule has 0 spiro atoms. The third-order valence-corrected chi connectivity index (χ3v) is 3.87. The largest absolute Gasteiger partial charge is 0.475 e. The van der Waals surface area contributed by atoms with E-state index in [1.54, 1.807) is 17.4 Å². The molecule has 0 saturated heterocycles. The fourth-order valence-electron chi connectivity index (χ4n) is 1.11. The van der Waals surface area contributed by atoms with E-state index in [4.69, 9.17) is 9.52 Å². The van der Waals surface area contributed by atoms with Crippen LogP contribution >= 0.6 is 23.1 Å². The number of thioether (sulfide) groups is 1. The molecule has 0 aliphatic rings. The zero-order valence-electron chi connectivity index (χ0n) is 8.47. The highest BCUT2D eigenvalue weighted by molar-refractivity contribution is 7.98. The Balaban J connectivity index is 1.97. The summed E-state index contributed by atoms with van der Waals surface area (Å²) in [6.45, 7) is 1.94. The molecule has 0 aliphatic carbocycles. The van der Waals surface area contributed by atoms with Crippen molar-refractivity contribution in [3.8, 4) is 0 Å². The second-order valence-electron chi connectivity index (χ2n) is 3.10. The molecule has 0 atom stereocenters. The predicted octanol–water partition coefficient (Wildman–Crippen LogP) is 3.04. The molecule has 0 aromatic carbocycles. The van der Waals surface area contributed by atoms with Gasteiger partial charge in [0.15, 0.2) is 5.09 Å². The summed E-state index contributed by atoms with van der Waals surface area (Å²) >= 11 is 3.03. The van der Waals surface area contributed by atoms with E-state index in [1.807, 2.05) is 12.3 Å². The number of thiazole rings is 1. The smallest absolute Gasteiger partial charge is 0.371 e. The first-order chi connectivity index (χ1) is 7.65. The minimum Gasteiger partial charge on any atom is -0.475 e. The van der Waals surface area contributed by atoms with Gasteiger partial charge in [0.05, 0.1) is 5.75 Å². The van der Waals surface area contributed by atoms with Crippen LogP contribution in [-0.2, 0) is 5.75 Å². The molecule has 0 amide bonds. The lowest BCUT2D eigenvalue weighted by Gasteiger charge is -1.93. The number of aromatic carboxylic acids is 1. The minimum atomic E-state index is -1.04. The van der Waals surface area contributed by atoms with Gasteiger partial charge in [-0.15, -0.1) is 11.3 Å². The highest BCUT2D eigenvalue weighted by Gasteiger charge is 2.09. The van der Waals surface area contributed by atoms with Crippen LogP contribution in [0, 0.1) is 6.92 Å². The fraction of sp³-hybridized carbons (Fsp3) is 0.200. The van der Waals surface area contributed by atoms with Crippen molar-refractivity contribution < 1.29 is 14.3 Å². The summed E-state index contributed by atoms with van der Waals surface area (Å²) in [6, 6.07) is 3.12. The third-order valence-electron chi connectivity index (χ3n) is 1.80. The van der Waals surface area contributed by atoms with Crippen LogP contribution in [0.1, 0.15) is 21.3 Å². The first-order valence-corrected chi connectivity index (χ1v) is 6.38. The summed E-state index contributed by atoms with van der Waals surface area (Å²) in [4.78, 5) is 14.9. The number of rotatable bonds is 4. The maximum atomic E-state index is 10.6. The number of carboxylic acid groups (broad SMARTS) is 1. The fourth-order valence-corrected chi connectivity index (χ4v) is 2.76. The van der Waals surface area contributed by atoms with Crippen LogP contribution in [0.15, 0.2) is 27.0 Å². The van der Waals surface area contributed by atoms with Gasteiger partial charge >= 0.3 is 5.97 Å². The molecule has 6 heteroatoms. The Bertz CT molecular complexity index is 504. The van der Waals surface area contributed by atoms with Gasteiger partial charge in [0.25, 0.3) is 0 Å². The number of hydrogen-bond acceptors (Lipinski definition) is 5. The molecule has 1 N–H and O–H groups in total. The van der Waals surface area contributed by atoms with Crippen LogP contribution in [0.2, 0.25) is 0 Å². The molecule has 0 radical (unpaired) electrons. The van der Waals surface area contributed by atoms with Crippen LogP contribution in [0.3, 0.4) is 0 Å². The van der Waals surface area contributed by atoms with Crippen molar-refractivity contribution in [3.05, 3.63) is 34.0 Å². The van der Waals surface area contributed by atoms with Gasteiger partial charge < -0.3 is 9.52 Å². The predicted molar refractivity (Wildman–Crippen MR) is 62.1 cm³/mol. The summed E-state index contributed by atoms with van der Waals surface area (Å²) in [5.41, 5.74) is 1.01. The van der Waals surface area contributed by atoms with E-state index in [0.717, 1.165) is 10.7 Å². The summed E-state index contributed by atoms with van der Waals surface area (Å²) in [7, 11) is 0. The maximum absolute atomic E-state index is 10.6. The molecule has 0 fully saturated rings. The van der Waals surface area contributed by atoms with Gasteiger partial charge in [0.1, 0.15) is 5.01 Å². The molecule has 0 aliphatic heterocycles. The number of nitrogens with zero attached hydrogens (tertiary/aromatic N) is 1. The summed E-state index contributed by atoms with van der Waals surface area (Å²) < 4.78 is 5.11. The van der Waals surface area contributed by atoms with Crippen molar-refractivity contribution in [3.63, 3.8) is 0 Å². The summed E-state index contributed by atoms with van der Waals surface area (Å²) in [5, 5.41) is 12.3. The normalized spacial score (nSPS) is 10.6.